The van der Waals surface area contributed by atoms with E-state index in [1.54, 1.807) is 12.1 Å². The minimum Gasteiger partial charge on any atom is -0.493 e. The van der Waals surface area contributed by atoms with E-state index in [9.17, 15) is 14.9 Å². The zero-order chi connectivity index (χ0) is 21.0. The second-order valence-electron chi connectivity index (χ2n) is 6.02. The van der Waals surface area contributed by atoms with Crippen LogP contribution in [0.2, 0.25) is 5.02 Å². The third-order valence-corrected chi connectivity index (χ3v) is 4.23. The van der Waals surface area contributed by atoms with Crippen LogP contribution in [0.4, 0.5) is 5.69 Å². The summed E-state index contributed by atoms with van der Waals surface area (Å²) in [5, 5.41) is 11.1. The Labute approximate surface area is 171 Å². The van der Waals surface area contributed by atoms with Crippen LogP contribution in [0.15, 0.2) is 47.1 Å². The van der Waals surface area contributed by atoms with Crippen LogP contribution in [0.25, 0.3) is 6.08 Å². The van der Waals surface area contributed by atoms with Crippen LogP contribution in [0.1, 0.15) is 24.5 Å². The molecule has 8 nitrogen and oxygen atoms in total. The lowest BCUT2D eigenvalue weighted by Crippen LogP contribution is -2.05. The number of rotatable bonds is 7. The largest absolute Gasteiger partial charge is 0.493 e. The second kappa shape index (κ2) is 8.74. The van der Waals surface area contributed by atoms with Crippen molar-refractivity contribution in [3.05, 3.63) is 68.4 Å². The molecule has 0 amide bonds. The summed E-state index contributed by atoms with van der Waals surface area (Å²) in [6, 6.07) is 8.87. The molecular formula is C20H17ClN2O6. The van der Waals surface area contributed by atoms with Gasteiger partial charge in [-0.25, -0.2) is 9.79 Å². The lowest BCUT2D eigenvalue weighted by molar-refractivity contribution is -0.384. The van der Waals surface area contributed by atoms with Crippen LogP contribution in [-0.2, 0) is 9.53 Å². The van der Waals surface area contributed by atoms with Crippen LogP contribution >= 0.6 is 11.6 Å². The molecule has 0 unspecified atom stereocenters. The monoisotopic (exact) mass is 416 g/mol. The summed E-state index contributed by atoms with van der Waals surface area (Å²) in [6.07, 6.45) is 2.33. The molecular weight excluding hydrogens is 400 g/mol. The van der Waals surface area contributed by atoms with Gasteiger partial charge in [-0.3, -0.25) is 10.1 Å². The Balaban J connectivity index is 1.90. The number of aliphatic imine (C=N–C) groups is 1. The van der Waals surface area contributed by atoms with Crippen molar-refractivity contribution in [2.24, 2.45) is 4.99 Å². The molecule has 0 spiro atoms. The minimum absolute atomic E-state index is 0.0668. The fourth-order valence-electron chi connectivity index (χ4n) is 2.58. The Bertz CT molecular complexity index is 1010. The molecule has 0 radical (unpaired) electrons. The first-order valence-corrected chi connectivity index (χ1v) is 9.08. The summed E-state index contributed by atoms with van der Waals surface area (Å²) in [6.45, 7) is 2.47. The van der Waals surface area contributed by atoms with E-state index in [4.69, 9.17) is 25.8 Å². The molecule has 29 heavy (non-hydrogen) atoms. The summed E-state index contributed by atoms with van der Waals surface area (Å²) < 4.78 is 16.1. The van der Waals surface area contributed by atoms with Gasteiger partial charge >= 0.3 is 5.97 Å². The predicted molar refractivity (Wildman–Crippen MR) is 107 cm³/mol. The highest BCUT2D eigenvalue weighted by Gasteiger charge is 2.25. The Kier molecular flexibility index (Phi) is 6.13. The summed E-state index contributed by atoms with van der Waals surface area (Å²) in [7, 11) is 1.50. The van der Waals surface area contributed by atoms with E-state index in [0.29, 0.717) is 34.3 Å². The number of halogens is 1. The van der Waals surface area contributed by atoms with Gasteiger partial charge in [0.05, 0.1) is 23.7 Å². The van der Waals surface area contributed by atoms with Crippen LogP contribution in [0.5, 0.6) is 11.5 Å². The first-order chi connectivity index (χ1) is 13.9. The summed E-state index contributed by atoms with van der Waals surface area (Å²) >= 11 is 6.29. The molecule has 0 saturated carbocycles. The molecule has 0 saturated heterocycles. The molecule has 0 aliphatic carbocycles. The highest BCUT2D eigenvalue weighted by molar-refractivity contribution is 6.32. The lowest BCUT2D eigenvalue weighted by Gasteiger charge is -2.12. The van der Waals surface area contributed by atoms with Crippen molar-refractivity contribution in [2.75, 3.05) is 13.7 Å². The van der Waals surface area contributed by atoms with Crippen molar-refractivity contribution < 1.29 is 23.9 Å². The molecule has 0 fully saturated rings. The van der Waals surface area contributed by atoms with Gasteiger partial charge in [0.2, 0.25) is 5.90 Å². The van der Waals surface area contributed by atoms with Crippen molar-refractivity contribution in [1.29, 1.82) is 0 Å². The number of hydrogen-bond acceptors (Lipinski definition) is 7. The molecule has 0 aromatic heterocycles. The van der Waals surface area contributed by atoms with Crippen molar-refractivity contribution in [3.8, 4) is 11.5 Å². The molecule has 9 heteroatoms. The van der Waals surface area contributed by atoms with Gasteiger partial charge in [0.1, 0.15) is 0 Å². The zero-order valence-corrected chi connectivity index (χ0v) is 16.4. The molecule has 0 atom stereocenters. The number of benzene rings is 2. The predicted octanol–water partition coefficient (Wildman–Crippen LogP) is 4.39. The molecule has 1 aliphatic rings. The Hall–Kier alpha value is -3.39. The van der Waals surface area contributed by atoms with Crippen molar-refractivity contribution >= 4 is 35.2 Å². The normalized spacial score (nSPS) is 14.5. The topological polar surface area (TPSA) is 100 Å². The number of nitrogens with zero attached hydrogens (tertiary/aromatic N) is 2. The summed E-state index contributed by atoms with van der Waals surface area (Å²) in [5.74, 6) is 0.294. The smallest absolute Gasteiger partial charge is 0.363 e. The number of carbonyl (C=O) groups is 1. The average molecular weight is 417 g/mol. The molecule has 0 N–H and O–H groups in total. The Morgan fingerprint density at radius 2 is 2.00 bits per heavy atom. The fraction of sp³-hybridized carbons (Fsp3) is 0.200. The Morgan fingerprint density at radius 1 is 1.28 bits per heavy atom. The number of non-ortho nitro benzene ring substituents is 1. The average Bonchev–Trinajstić information content (AvgIpc) is 3.07. The number of esters is 1. The van der Waals surface area contributed by atoms with Gasteiger partial charge in [0.15, 0.2) is 17.2 Å². The molecule has 3 rings (SSSR count). The van der Waals surface area contributed by atoms with E-state index >= 15 is 0 Å². The van der Waals surface area contributed by atoms with E-state index in [0.717, 1.165) is 6.42 Å². The number of carbonyl (C=O) groups excluding carboxylic acids is 1. The van der Waals surface area contributed by atoms with Crippen molar-refractivity contribution in [2.45, 2.75) is 13.3 Å². The number of cyclic esters (lactones) is 1. The summed E-state index contributed by atoms with van der Waals surface area (Å²) in [5.41, 5.74) is 1.03. The van der Waals surface area contributed by atoms with Gasteiger partial charge in [0, 0.05) is 17.7 Å². The number of nitro groups is 1. The molecule has 1 aliphatic heterocycles. The Morgan fingerprint density at radius 3 is 2.62 bits per heavy atom. The highest BCUT2D eigenvalue weighted by Crippen LogP contribution is 2.37. The van der Waals surface area contributed by atoms with Gasteiger partial charge in [-0.05, 0) is 42.3 Å². The lowest BCUT2D eigenvalue weighted by atomic mass is 10.1. The molecule has 1 heterocycles. The number of hydrogen-bond donors (Lipinski definition) is 0. The third-order valence-electron chi connectivity index (χ3n) is 3.95. The first-order valence-electron chi connectivity index (χ1n) is 8.70. The van der Waals surface area contributed by atoms with E-state index < -0.39 is 10.9 Å². The fourth-order valence-corrected chi connectivity index (χ4v) is 2.86. The SMILES string of the molecule is CCCOc1c(Cl)cc(/C=C2\N=C(c3ccc([N+](=O)[O-])cc3)OC2=O)cc1OC. The van der Waals surface area contributed by atoms with Crippen LogP contribution in [-0.4, -0.2) is 30.5 Å². The molecule has 150 valence electrons. The van der Waals surface area contributed by atoms with E-state index in [1.807, 2.05) is 6.92 Å². The quantitative estimate of drug-likeness (QED) is 0.287. The van der Waals surface area contributed by atoms with E-state index in [2.05, 4.69) is 4.99 Å². The van der Waals surface area contributed by atoms with Crippen LogP contribution in [0.3, 0.4) is 0 Å². The first kappa shape index (κ1) is 20.3. The van der Waals surface area contributed by atoms with Gasteiger partial charge in [-0.2, -0.15) is 0 Å². The maximum absolute atomic E-state index is 12.2. The van der Waals surface area contributed by atoms with Crippen LogP contribution < -0.4 is 9.47 Å². The van der Waals surface area contributed by atoms with Gasteiger partial charge in [-0.15, -0.1) is 0 Å². The maximum atomic E-state index is 12.2. The number of nitro benzene ring substituents is 1. The van der Waals surface area contributed by atoms with Gasteiger partial charge < -0.3 is 14.2 Å². The number of ether oxygens (including phenoxy) is 3. The molecule has 2 aromatic carbocycles. The standard InChI is InChI=1S/C20H17ClN2O6/c1-3-8-28-18-15(21)9-12(11-17(18)27-2)10-16-20(24)29-19(22-16)13-4-6-14(7-5-13)23(25)26/h4-7,9-11H,3,8H2,1-2H3/b16-10-. The second-order valence-corrected chi connectivity index (χ2v) is 6.43. The van der Waals surface area contributed by atoms with Gasteiger partial charge in [-0.1, -0.05) is 18.5 Å². The summed E-state index contributed by atoms with van der Waals surface area (Å²) in [4.78, 5) is 26.6. The highest BCUT2D eigenvalue weighted by atomic mass is 35.5. The number of methoxy groups -OCH3 is 1. The minimum atomic E-state index is -0.639. The van der Waals surface area contributed by atoms with E-state index in [1.165, 1.54) is 37.5 Å². The van der Waals surface area contributed by atoms with Crippen molar-refractivity contribution in [3.63, 3.8) is 0 Å². The van der Waals surface area contributed by atoms with E-state index in [-0.39, 0.29) is 17.3 Å². The van der Waals surface area contributed by atoms with Crippen molar-refractivity contribution in [1.82, 2.24) is 0 Å². The molecule has 2 aromatic rings. The maximum Gasteiger partial charge on any atom is 0.363 e. The zero-order valence-electron chi connectivity index (χ0n) is 15.7. The molecule has 0 bridgehead atoms. The van der Waals surface area contributed by atoms with Gasteiger partial charge in [0.25, 0.3) is 5.69 Å². The van der Waals surface area contributed by atoms with Crippen LogP contribution in [0, 0.1) is 10.1 Å². The third kappa shape index (κ3) is 4.55.